The highest BCUT2D eigenvalue weighted by Gasteiger charge is 2.33. The van der Waals surface area contributed by atoms with Gasteiger partial charge in [0.05, 0.1) is 11.6 Å². The van der Waals surface area contributed by atoms with Crippen LogP contribution in [-0.2, 0) is 6.42 Å². The van der Waals surface area contributed by atoms with Gasteiger partial charge in [0, 0.05) is 17.8 Å². The van der Waals surface area contributed by atoms with Crippen molar-refractivity contribution < 1.29 is 8.91 Å². The van der Waals surface area contributed by atoms with Gasteiger partial charge >= 0.3 is 0 Å². The Balaban J connectivity index is 1.53. The van der Waals surface area contributed by atoms with Gasteiger partial charge in [-0.2, -0.15) is 4.98 Å². The molecular weight excluding hydrogens is 447 g/mol. The molecular formula is C27H23FN4OS. The van der Waals surface area contributed by atoms with Crippen LogP contribution in [0.2, 0.25) is 0 Å². The summed E-state index contributed by atoms with van der Waals surface area (Å²) in [6.45, 7) is 2.75. The lowest BCUT2D eigenvalue weighted by atomic mass is 9.94. The zero-order valence-corrected chi connectivity index (χ0v) is 19.4. The van der Waals surface area contributed by atoms with Crippen LogP contribution >= 0.6 is 12.2 Å². The summed E-state index contributed by atoms with van der Waals surface area (Å²) in [6, 6.07) is 26.2. The molecule has 5 rings (SSSR count). The van der Waals surface area contributed by atoms with E-state index >= 15 is 0 Å². The molecule has 7 heteroatoms. The lowest BCUT2D eigenvalue weighted by Crippen LogP contribution is -2.46. The van der Waals surface area contributed by atoms with E-state index in [4.69, 9.17) is 16.7 Å². The van der Waals surface area contributed by atoms with Crippen molar-refractivity contribution in [3.63, 3.8) is 0 Å². The third-order valence-corrected chi connectivity index (χ3v) is 6.29. The van der Waals surface area contributed by atoms with E-state index in [1.807, 2.05) is 55.5 Å². The molecule has 1 aliphatic rings. The van der Waals surface area contributed by atoms with E-state index in [9.17, 15) is 4.39 Å². The maximum absolute atomic E-state index is 13.4. The van der Waals surface area contributed by atoms with E-state index < -0.39 is 0 Å². The minimum Gasteiger partial charge on any atom is -0.351 e. The quantitative estimate of drug-likeness (QED) is 0.361. The number of allylic oxidation sites excluding steroid dienone is 1. The van der Waals surface area contributed by atoms with Crippen molar-refractivity contribution in [2.75, 3.05) is 6.54 Å². The molecule has 0 spiro atoms. The Kier molecular flexibility index (Phi) is 6.18. The first kappa shape index (κ1) is 22.0. The first-order valence-corrected chi connectivity index (χ1v) is 11.5. The Morgan fingerprint density at radius 2 is 1.65 bits per heavy atom. The van der Waals surface area contributed by atoms with Crippen molar-refractivity contribution in [2.24, 2.45) is 0 Å². The van der Waals surface area contributed by atoms with Gasteiger partial charge < -0.3 is 14.7 Å². The summed E-state index contributed by atoms with van der Waals surface area (Å²) in [5.74, 6) is 0.505. The van der Waals surface area contributed by atoms with Crippen LogP contribution < -0.4 is 5.32 Å². The van der Waals surface area contributed by atoms with E-state index in [2.05, 4.69) is 32.5 Å². The number of hydrogen-bond acceptors (Lipinski definition) is 4. The van der Waals surface area contributed by atoms with Crippen LogP contribution in [0.1, 0.15) is 30.0 Å². The smallest absolute Gasteiger partial charge is 0.258 e. The van der Waals surface area contributed by atoms with Gasteiger partial charge in [0.1, 0.15) is 5.82 Å². The first-order chi connectivity index (χ1) is 16.6. The number of nitrogens with one attached hydrogen (secondary N) is 1. The molecule has 1 atom stereocenters. The summed E-state index contributed by atoms with van der Waals surface area (Å²) in [4.78, 5) is 6.75. The molecule has 0 bridgehead atoms. The van der Waals surface area contributed by atoms with Crippen molar-refractivity contribution in [1.82, 2.24) is 20.4 Å². The molecule has 3 aromatic carbocycles. The van der Waals surface area contributed by atoms with Gasteiger partial charge in [0.15, 0.2) is 5.11 Å². The Morgan fingerprint density at radius 1 is 0.971 bits per heavy atom. The highest BCUT2D eigenvalue weighted by Crippen LogP contribution is 2.37. The Bertz CT molecular complexity index is 1320. The standard InChI is InChI=1S/C27H23FN4OS/c1-18-23(26-30-25(31-33-26)21-12-14-22(28)15-13-21)24(20-10-6-3-7-11-20)29-27(34)32(18)17-16-19-8-4-2-5-9-19/h2-15,24H,16-17H2,1H3,(H,29,34). The summed E-state index contributed by atoms with van der Waals surface area (Å²) in [7, 11) is 0. The lowest BCUT2D eigenvalue weighted by molar-refractivity contribution is 0.397. The zero-order chi connectivity index (χ0) is 23.5. The molecule has 34 heavy (non-hydrogen) atoms. The molecule has 1 unspecified atom stereocenters. The third kappa shape index (κ3) is 4.47. The van der Waals surface area contributed by atoms with Gasteiger partial charge in [-0.05, 0) is 61.0 Å². The second-order valence-corrected chi connectivity index (χ2v) is 8.50. The molecule has 1 aromatic heterocycles. The highest BCUT2D eigenvalue weighted by molar-refractivity contribution is 7.80. The van der Waals surface area contributed by atoms with Gasteiger partial charge in [-0.1, -0.05) is 65.8 Å². The summed E-state index contributed by atoms with van der Waals surface area (Å²) in [5, 5.41) is 8.30. The van der Waals surface area contributed by atoms with Gasteiger partial charge in [-0.15, -0.1) is 0 Å². The van der Waals surface area contributed by atoms with Crippen molar-refractivity contribution in [1.29, 1.82) is 0 Å². The van der Waals surface area contributed by atoms with Gasteiger partial charge in [0.25, 0.3) is 5.89 Å². The van der Waals surface area contributed by atoms with Crippen molar-refractivity contribution in [3.05, 3.63) is 113 Å². The van der Waals surface area contributed by atoms with Crippen LogP contribution in [0.3, 0.4) is 0 Å². The number of halogens is 1. The largest absolute Gasteiger partial charge is 0.351 e. The van der Waals surface area contributed by atoms with Gasteiger partial charge in [0.2, 0.25) is 5.82 Å². The van der Waals surface area contributed by atoms with Crippen molar-refractivity contribution in [3.8, 4) is 11.4 Å². The molecule has 0 amide bonds. The summed E-state index contributed by atoms with van der Waals surface area (Å²) in [6.07, 6.45) is 0.841. The molecule has 4 aromatic rings. The number of nitrogens with zero attached hydrogens (tertiary/aromatic N) is 3. The molecule has 5 nitrogen and oxygen atoms in total. The van der Waals surface area contributed by atoms with Crippen LogP contribution in [0.4, 0.5) is 4.39 Å². The predicted molar refractivity (Wildman–Crippen MR) is 134 cm³/mol. The Hall–Kier alpha value is -3.84. The first-order valence-electron chi connectivity index (χ1n) is 11.1. The number of thiocarbonyl (C=S) groups is 1. The average molecular weight is 471 g/mol. The van der Waals surface area contributed by atoms with Crippen LogP contribution in [0.5, 0.6) is 0 Å². The molecule has 170 valence electrons. The summed E-state index contributed by atoms with van der Waals surface area (Å²) in [5.41, 5.74) is 4.80. The second kappa shape index (κ2) is 9.57. The number of benzene rings is 3. The third-order valence-electron chi connectivity index (χ3n) is 5.95. The minimum atomic E-state index is -0.311. The van der Waals surface area contributed by atoms with Gasteiger partial charge in [-0.25, -0.2) is 4.39 Å². The predicted octanol–water partition coefficient (Wildman–Crippen LogP) is 5.78. The molecule has 0 aliphatic carbocycles. The Labute approximate surface area is 202 Å². The molecule has 2 heterocycles. The van der Waals surface area contributed by atoms with Crippen LogP contribution in [0, 0.1) is 5.82 Å². The summed E-state index contributed by atoms with van der Waals surface area (Å²) >= 11 is 5.77. The van der Waals surface area contributed by atoms with Crippen LogP contribution in [0.25, 0.3) is 17.0 Å². The summed E-state index contributed by atoms with van der Waals surface area (Å²) < 4.78 is 19.1. The lowest BCUT2D eigenvalue weighted by Gasteiger charge is -2.37. The molecule has 1 N–H and O–H groups in total. The van der Waals surface area contributed by atoms with Crippen molar-refractivity contribution >= 4 is 22.9 Å². The van der Waals surface area contributed by atoms with E-state index in [1.54, 1.807) is 12.1 Å². The number of rotatable bonds is 6. The molecule has 0 saturated heterocycles. The second-order valence-electron chi connectivity index (χ2n) is 8.11. The number of hydrogen-bond donors (Lipinski definition) is 1. The topological polar surface area (TPSA) is 54.2 Å². The molecule has 1 aliphatic heterocycles. The fourth-order valence-corrected chi connectivity index (χ4v) is 4.50. The fourth-order valence-electron chi connectivity index (χ4n) is 4.16. The van der Waals surface area contributed by atoms with E-state index in [0.29, 0.717) is 28.9 Å². The van der Waals surface area contributed by atoms with Crippen LogP contribution in [0.15, 0.2) is 95.1 Å². The van der Waals surface area contributed by atoms with E-state index in [-0.39, 0.29) is 11.9 Å². The highest BCUT2D eigenvalue weighted by atomic mass is 32.1. The monoisotopic (exact) mass is 470 g/mol. The van der Waals surface area contributed by atoms with Crippen molar-refractivity contribution in [2.45, 2.75) is 19.4 Å². The van der Waals surface area contributed by atoms with E-state index in [1.165, 1.54) is 17.7 Å². The van der Waals surface area contributed by atoms with E-state index in [0.717, 1.165) is 23.3 Å². The molecule has 0 fully saturated rings. The minimum absolute atomic E-state index is 0.233. The SMILES string of the molecule is CC1=C(c2nc(-c3ccc(F)cc3)no2)C(c2ccccc2)NC(=S)N1CCc1ccccc1. The number of aromatic nitrogens is 2. The Morgan fingerprint density at radius 3 is 2.35 bits per heavy atom. The maximum Gasteiger partial charge on any atom is 0.258 e. The van der Waals surface area contributed by atoms with Crippen LogP contribution in [-0.4, -0.2) is 26.7 Å². The normalized spacial score (nSPS) is 16.0. The molecule has 0 saturated carbocycles. The zero-order valence-electron chi connectivity index (χ0n) is 18.6. The van der Waals surface area contributed by atoms with Gasteiger partial charge in [-0.3, -0.25) is 0 Å². The fraction of sp³-hybridized carbons (Fsp3) is 0.148. The maximum atomic E-state index is 13.4. The average Bonchev–Trinajstić information content (AvgIpc) is 3.35. The molecule has 0 radical (unpaired) electrons.